The van der Waals surface area contributed by atoms with E-state index in [1.165, 1.54) is 12.3 Å². The summed E-state index contributed by atoms with van der Waals surface area (Å²) in [7, 11) is 0. The molecule has 0 N–H and O–H groups in total. The molecule has 0 saturated carbocycles. The van der Waals surface area contributed by atoms with Crippen molar-refractivity contribution in [2.75, 3.05) is 0 Å². The second-order valence-corrected chi connectivity index (χ2v) is 3.46. The first-order chi connectivity index (χ1) is 6.13. The van der Waals surface area contributed by atoms with Crippen molar-refractivity contribution in [2.24, 2.45) is 0 Å². The molecule has 0 aliphatic rings. The van der Waals surface area contributed by atoms with E-state index in [1.807, 2.05) is 0 Å². The van der Waals surface area contributed by atoms with Gasteiger partial charge in [0.05, 0.1) is 5.02 Å². The molecule has 5 heteroatoms. The lowest BCUT2D eigenvalue weighted by Gasteiger charge is -2.03. The van der Waals surface area contributed by atoms with E-state index in [1.54, 1.807) is 6.92 Å². The largest absolute Gasteiger partial charge is 0.424 e. The molecule has 3 nitrogen and oxygen atoms in total. The normalized spacial score (nSPS) is 9.77. The molecular weight excluding hydrogens is 257 g/mol. The number of carbonyl (C=O) groups excluding carboxylic acids is 1. The van der Waals surface area contributed by atoms with E-state index in [9.17, 15) is 4.79 Å². The maximum Gasteiger partial charge on any atom is 0.310 e. The van der Waals surface area contributed by atoms with Gasteiger partial charge in [0.25, 0.3) is 0 Å². The number of carbonyl (C=O) groups is 1. The van der Waals surface area contributed by atoms with Gasteiger partial charge in [-0.1, -0.05) is 18.5 Å². The molecule has 0 aliphatic carbocycles. The molecule has 0 amide bonds. The number of rotatable bonds is 2. The Labute approximate surface area is 89.2 Å². The molecule has 0 fully saturated rings. The van der Waals surface area contributed by atoms with Crippen LogP contribution < -0.4 is 4.74 Å². The van der Waals surface area contributed by atoms with Crippen LogP contribution in [0.2, 0.25) is 5.02 Å². The number of pyridine rings is 1. The molecule has 13 heavy (non-hydrogen) atoms. The SMILES string of the molecule is CCC(=O)Oc1cc(Cl)cnc1Br. The summed E-state index contributed by atoms with van der Waals surface area (Å²) in [5, 5.41) is 0.433. The monoisotopic (exact) mass is 263 g/mol. The van der Waals surface area contributed by atoms with Crippen LogP contribution in [0.5, 0.6) is 5.75 Å². The summed E-state index contributed by atoms with van der Waals surface area (Å²) in [6, 6.07) is 1.53. The number of hydrogen-bond acceptors (Lipinski definition) is 3. The molecule has 0 aliphatic heterocycles. The summed E-state index contributed by atoms with van der Waals surface area (Å²) in [6.45, 7) is 1.72. The second kappa shape index (κ2) is 4.58. The van der Waals surface area contributed by atoms with E-state index in [4.69, 9.17) is 16.3 Å². The highest BCUT2D eigenvalue weighted by atomic mass is 79.9. The minimum atomic E-state index is -0.315. The number of esters is 1. The Kier molecular flexibility index (Phi) is 3.69. The summed E-state index contributed by atoms with van der Waals surface area (Å²) in [6.07, 6.45) is 1.79. The summed E-state index contributed by atoms with van der Waals surface area (Å²) in [5.74, 6) is 0.0316. The Balaban J connectivity index is 2.87. The van der Waals surface area contributed by atoms with Gasteiger partial charge in [-0.2, -0.15) is 0 Å². The predicted molar refractivity (Wildman–Crippen MR) is 52.9 cm³/mol. The van der Waals surface area contributed by atoms with E-state index in [0.29, 0.717) is 21.8 Å². The molecule has 0 radical (unpaired) electrons. The zero-order valence-electron chi connectivity index (χ0n) is 6.88. The third-order valence-electron chi connectivity index (χ3n) is 1.29. The summed E-state index contributed by atoms with van der Waals surface area (Å²) in [4.78, 5) is 14.8. The zero-order chi connectivity index (χ0) is 9.84. The summed E-state index contributed by atoms with van der Waals surface area (Å²) in [5.41, 5.74) is 0. The lowest BCUT2D eigenvalue weighted by molar-refractivity contribution is -0.134. The van der Waals surface area contributed by atoms with Gasteiger partial charge in [-0.3, -0.25) is 4.79 Å². The van der Waals surface area contributed by atoms with Gasteiger partial charge in [0, 0.05) is 18.7 Å². The lowest BCUT2D eigenvalue weighted by atomic mass is 10.4. The molecule has 1 aromatic heterocycles. The smallest absolute Gasteiger partial charge is 0.310 e. The van der Waals surface area contributed by atoms with Crippen LogP contribution in [0.1, 0.15) is 13.3 Å². The first-order valence-electron chi connectivity index (χ1n) is 3.65. The Morgan fingerprint density at radius 2 is 2.46 bits per heavy atom. The van der Waals surface area contributed by atoms with Crippen molar-refractivity contribution < 1.29 is 9.53 Å². The van der Waals surface area contributed by atoms with Gasteiger partial charge in [-0.05, 0) is 15.9 Å². The molecule has 0 unspecified atom stereocenters. The third kappa shape index (κ3) is 2.97. The van der Waals surface area contributed by atoms with Crippen LogP contribution in [0, 0.1) is 0 Å². The standard InChI is InChI=1S/C8H7BrClNO2/c1-2-7(12)13-6-3-5(10)4-11-8(6)9/h3-4H,2H2,1H3. The number of ether oxygens (including phenoxy) is 1. The zero-order valence-corrected chi connectivity index (χ0v) is 9.22. The fourth-order valence-electron chi connectivity index (χ4n) is 0.670. The molecule has 0 saturated heterocycles. The quantitative estimate of drug-likeness (QED) is 0.609. The summed E-state index contributed by atoms with van der Waals surface area (Å²) >= 11 is 8.81. The average molecular weight is 265 g/mol. The Bertz CT molecular complexity index is 330. The van der Waals surface area contributed by atoms with Crippen LogP contribution in [0.3, 0.4) is 0 Å². The van der Waals surface area contributed by atoms with Crippen molar-refractivity contribution in [1.29, 1.82) is 0 Å². The van der Waals surface area contributed by atoms with Crippen molar-refractivity contribution in [3.63, 3.8) is 0 Å². The van der Waals surface area contributed by atoms with Crippen LogP contribution in [0.25, 0.3) is 0 Å². The molecule has 1 heterocycles. The highest BCUT2D eigenvalue weighted by molar-refractivity contribution is 9.10. The van der Waals surface area contributed by atoms with E-state index in [0.717, 1.165) is 0 Å². The molecule has 0 aromatic carbocycles. The van der Waals surface area contributed by atoms with E-state index < -0.39 is 0 Å². The van der Waals surface area contributed by atoms with E-state index in [-0.39, 0.29) is 5.97 Å². The van der Waals surface area contributed by atoms with Gasteiger partial charge in [0.1, 0.15) is 4.60 Å². The lowest BCUT2D eigenvalue weighted by Crippen LogP contribution is -2.06. The van der Waals surface area contributed by atoms with Crippen LogP contribution in [0.4, 0.5) is 0 Å². The Morgan fingerprint density at radius 3 is 3.08 bits per heavy atom. The Morgan fingerprint density at radius 1 is 1.77 bits per heavy atom. The van der Waals surface area contributed by atoms with Crippen LogP contribution in [0.15, 0.2) is 16.9 Å². The van der Waals surface area contributed by atoms with Crippen LogP contribution in [-0.2, 0) is 4.79 Å². The van der Waals surface area contributed by atoms with Crippen LogP contribution >= 0.6 is 27.5 Å². The van der Waals surface area contributed by atoms with Crippen LogP contribution in [-0.4, -0.2) is 11.0 Å². The first kappa shape index (κ1) is 10.5. The van der Waals surface area contributed by atoms with E-state index in [2.05, 4.69) is 20.9 Å². The van der Waals surface area contributed by atoms with Gasteiger partial charge in [0.2, 0.25) is 0 Å². The molecule has 1 aromatic rings. The average Bonchev–Trinajstić information content (AvgIpc) is 2.11. The van der Waals surface area contributed by atoms with Gasteiger partial charge >= 0.3 is 5.97 Å². The van der Waals surface area contributed by atoms with Gasteiger partial charge < -0.3 is 4.74 Å². The summed E-state index contributed by atoms with van der Waals surface area (Å²) < 4.78 is 5.41. The number of nitrogens with zero attached hydrogens (tertiary/aromatic N) is 1. The highest BCUT2D eigenvalue weighted by Gasteiger charge is 2.07. The third-order valence-corrected chi connectivity index (χ3v) is 2.09. The molecule has 0 spiro atoms. The number of hydrogen-bond donors (Lipinski definition) is 0. The van der Waals surface area contributed by atoms with Crippen molar-refractivity contribution in [3.8, 4) is 5.75 Å². The van der Waals surface area contributed by atoms with Gasteiger partial charge in [0.15, 0.2) is 5.75 Å². The molecule has 70 valence electrons. The maximum absolute atomic E-state index is 10.9. The highest BCUT2D eigenvalue weighted by Crippen LogP contribution is 2.25. The topological polar surface area (TPSA) is 39.2 Å². The minimum Gasteiger partial charge on any atom is -0.424 e. The fraction of sp³-hybridized carbons (Fsp3) is 0.250. The second-order valence-electron chi connectivity index (χ2n) is 2.27. The molecule has 0 atom stereocenters. The van der Waals surface area contributed by atoms with E-state index >= 15 is 0 Å². The minimum absolute atomic E-state index is 0.315. The van der Waals surface area contributed by atoms with Gasteiger partial charge in [-0.25, -0.2) is 4.98 Å². The first-order valence-corrected chi connectivity index (χ1v) is 4.82. The predicted octanol–water partition coefficient (Wildman–Crippen LogP) is 2.81. The van der Waals surface area contributed by atoms with Crippen molar-refractivity contribution in [1.82, 2.24) is 4.98 Å². The van der Waals surface area contributed by atoms with Gasteiger partial charge in [-0.15, -0.1) is 0 Å². The molecule has 1 rings (SSSR count). The number of halogens is 2. The van der Waals surface area contributed by atoms with Crippen molar-refractivity contribution >= 4 is 33.5 Å². The molecule has 0 bridgehead atoms. The fourth-order valence-corrected chi connectivity index (χ4v) is 1.12. The molecular formula is C8H7BrClNO2. The number of aromatic nitrogens is 1. The van der Waals surface area contributed by atoms with Crippen molar-refractivity contribution in [3.05, 3.63) is 21.9 Å². The van der Waals surface area contributed by atoms with Crippen molar-refractivity contribution in [2.45, 2.75) is 13.3 Å². The maximum atomic E-state index is 10.9. The Hall–Kier alpha value is -0.610.